The lowest BCUT2D eigenvalue weighted by molar-refractivity contribution is -0.116. The molecule has 0 unspecified atom stereocenters. The Bertz CT molecular complexity index is 1110. The van der Waals surface area contributed by atoms with Crippen molar-refractivity contribution in [2.24, 2.45) is 0 Å². The molecule has 2 heterocycles. The summed E-state index contributed by atoms with van der Waals surface area (Å²) in [5, 5.41) is 7.02. The Balaban J connectivity index is 1.64. The zero-order chi connectivity index (χ0) is 21.9. The molecule has 0 saturated heterocycles. The van der Waals surface area contributed by atoms with Gasteiger partial charge in [-0.05, 0) is 12.5 Å². The molecule has 1 amide bonds. The van der Waals surface area contributed by atoms with Crippen LogP contribution in [-0.4, -0.2) is 34.8 Å². The van der Waals surface area contributed by atoms with Crippen LogP contribution in [0.3, 0.4) is 0 Å². The number of hydrogen-bond acceptors (Lipinski definition) is 7. The third-order valence-electron chi connectivity index (χ3n) is 4.65. The summed E-state index contributed by atoms with van der Waals surface area (Å²) in [4.78, 5) is 29.3. The molecule has 1 aromatic carbocycles. The van der Waals surface area contributed by atoms with Gasteiger partial charge in [-0.2, -0.15) is 0 Å². The van der Waals surface area contributed by atoms with Crippen LogP contribution in [0.4, 0.5) is 5.82 Å². The number of rotatable bonds is 7. The normalized spacial score (nSPS) is 11.5. The number of benzene rings is 1. The van der Waals surface area contributed by atoms with Crippen LogP contribution < -0.4 is 20.3 Å². The Morgan fingerprint density at radius 1 is 1.17 bits per heavy atom. The third-order valence-corrected chi connectivity index (χ3v) is 4.65. The molecule has 2 aromatic heterocycles. The van der Waals surface area contributed by atoms with E-state index in [1.807, 2.05) is 20.8 Å². The molecule has 30 heavy (non-hydrogen) atoms. The number of carbonyl (C=O) groups excluding carboxylic acids is 1. The van der Waals surface area contributed by atoms with Crippen molar-refractivity contribution in [3.05, 3.63) is 40.6 Å². The number of nitrogens with one attached hydrogen (secondary N) is 1. The number of aryl methyl sites for hydroxylation is 1. The molecule has 9 nitrogen and oxygen atoms in total. The van der Waals surface area contributed by atoms with Gasteiger partial charge in [-0.1, -0.05) is 25.9 Å². The maximum absolute atomic E-state index is 12.8. The van der Waals surface area contributed by atoms with Crippen LogP contribution in [0.25, 0.3) is 10.9 Å². The van der Waals surface area contributed by atoms with E-state index in [9.17, 15) is 9.59 Å². The standard InChI is InChI=1S/C21H26N4O5/c1-21(2,3)17-11-18(24-30-17)23-19(26)7-6-8-25-12-22-14-10-16(29-5)15(28-4)9-13(14)20(25)27/h9-12H,6-8H2,1-5H3,(H,23,24,26). The van der Waals surface area contributed by atoms with E-state index in [4.69, 9.17) is 14.0 Å². The third kappa shape index (κ3) is 4.61. The average molecular weight is 414 g/mol. The SMILES string of the molecule is COc1cc2ncn(CCCC(=O)Nc3cc(C(C)(C)C)on3)c(=O)c2cc1OC. The van der Waals surface area contributed by atoms with Crippen molar-refractivity contribution in [3.8, 4) is 11.5 Å². The summed E-state index contributed by atoms with van der Waals surface area (Å²) in [6.07, 6.45) is 2.17. The Hall–Kier alpha value is -3.36. The summed E-state index contributed by atoms with van der Waals surface area (Å²) < 4.78 is 17.2. The van der Waals surface area contributed by atoms with E-state index in [2.05, 4.69) is 15.5 Å². The van der Waals surface area contributed by atoms with Crippen molar-refractivity contribution in [1.29, 1.82) is 0 Å². The number of aromatic nitrogens is 3. The lowest BCUT2D eigenvalue weighted by Gasteiger charge is -2.12. The number of anilines is 1. The maximum Gasteiger partial charge on any atom is 0.261 e. The van der Waals surface area contributed by atoms with E-state index < -0.39 is 0 Å². The number of ether oxygens (including phenoxy) is 2. The highest BCUT2D eigenvalue weighted by Gasteiger charge is 2.20. The molecule has 3 aromatic rings. The van der Waals surface area contributed by atoms with E-state index >= 15 is 0 Å². The monoisotopic (exact) mass is 414 g/mol. The molecule has 160 valence electrons. The van der Waals surface area contributed by atoms with E-state index in [1.165, 1.54) is 25.1 Å². The molecule has 9 heteroatoms. The van der Waals surface area contributed by atoms with Gasteiger partial charge in [-0.3, -0.25) is 14.2 Å². The molecule has 0 aliphatic rings. The first kappa shape index (κ1) is 21.4. The van der Waals surface area contributed by atoms with Gasteiger partial charge in [0.1, 0.15) is 5.76 Å². The quantitative estimate of drug-likeness (QED) is 0.633. The first-order valence-corrected chi connectivity index (χ1v) is 9.61. The molecule has 0 fully saturated rings. The molecule has 0 bridgehead atoms. The van der Waals surface area contributed by atoms with Gasteiger partial charge in [0.25, 0.3) is 5.56 Å². The molecule has 0 atom stereocenters. The second kappa shape index (κ2) is 8.56. The van der Waals surface area contributed by atoms with Gasteiger partial charge in [0.05, 0.1) is 31.4 Å². The zero-order valence-electron chi connectivity index (χ0n) is 17.8. The highest BCUT2D eigenvalue weighted by molar-refractivity contribution is 5.89. The average Bonchev–Trinajstić information content (AvgIpc) is 3.17. The Labute approximate surface area is 174 Å². The van der Waals surface area contributed by atoms with Crippen molar-refractivity contribution in [1.82, 2.24) is 14.7 Å². The van der Waals surface area contributed by atoms with E-state index in [0.29, 0.717) is 46.9 Å². The maximum atomic E-state index is 12.8. The van der Waals surface area contributed by atoms with Crippen molar-refractivity contribution < 1.29 is 18.8 Å². The van der Waals surface area contributed by atoms with Crippen LogP contribution in [0.2, 0.25) is 0 Å². The second-order valence-electron chi connectivity index (χ2n) is 7.95. The number of methoxy groups -OCH3 is 2. The minimum absolute atomic E-state index is 0.188. The molecular formula is C21H26N4O5. The van der Waals surface area contributed by atoms with Crippen LogP contribution in [0.1, 0.15) is 39.4 Å². The molecule has 1 N–H and O–H groups in total. The van der Waals surface area contributed by atoms with Crippen LogP contribution >= 0.6 is 0 Å². The van der Waals surface area contributed by atoms with Gasteiger partial charge in [0.15, 0.2) is 17.3 Å². The van der Waals surface area contributed by atoms with E-state index in [0.717, 1.165) is 0 Å². The van der Waals surface area contributed by atoms with E-state index in [-0.39, 0.29) is 23.3 Å². The first-order chi connectivity index (χ1) is 14.2. The minimum atomic E-state index is -0.201. The fourth-order valence-corrected chi connectivity index (χ4v) is 2.95. The molecule has 0 aliphatic carbocycles. The fraction of sp³-hybridized carbons (Fsp3) is 0.429. The van der Waals surface area contributed by atoms with Gasteiger partial charge in [-0.15, -0.1) is 0 Å². The Morgan fingerprint density at radius 2 is 1.87 bits per heavy atom. The summed E-state index contributed by atoms with van der Waals surface area (Å²) >= 11 is 0. The smallest absolute Gasteiger partial charge is 0.261 e. The lowest BCUT2D eigenvalue weighted by Crippen LogP contribution is -2.22. The van der Waals surface area contributed by atoms with Crippen LogP contribution in [0.15, 0.2) is 33.8 Å². The number of carbonyl (C=O) groups is 1. The van der Waals surface area contributed by atoms with Gasteiger partial charge < -0.3 is 19.3 Å². The number of amides is 1. The summed E-state index contributed by atoms with van der Waals surface area (Å²) in [6.45, 7) is 6.36. The summed E-state index contributed by atoms with van der Waals surface area (Å²) in [6, 6.07) is 5.00. The van der Waals surface area contributed by atoms with Crippen molar-refractivity contribution >= 4 is 22.6 Å². The van der Waals surface area contributed by atoms with Gasteiger partial charge in [0.2, 0.25) is 5.91 Å². The molecule has 3 rings (SSSR count). The molecule has 0 radical (unpaired) electrons. The lowest BCUT2D eigenvalue weighted by atomic mass is 9.93. The van der Waals surface area contributed by atoms with E-state index in [1.54, 1.807) is 18.2 Å². The molecule has 0 saturated carbocycles. The van der Waals surface area contributed by atoms with Crippen LogP contribution in [0.5, 0.6) is 11.5 Å². The number of nitrogens with zero attached hydrogens (tertiary/aromatic N) is 3. The molecule has 0 spiro atoms. The highest BCUT2D eigenvalue weighted by Crippen LogP contribution is 2.29. The highest BCUT2D eigenvalue weighted by atomic mass is 16.5. The number of hydrogen-bond donors (Lipinski definition) is 1. The van der Waals surface area contributed by atoms with Crippen LogP contribution in [-0.2, 0) is 16.8 Å². The van der Waals surface area contributed by atoms with Crippen LogP contribution in [0, 0.1) is 0 Å². The summed E-state index contributed by atoms with van der Waals surface area (Å²) in [5.41, 5.74) is 0.132. The molecule has 0 aliphatic heterocycles. The predicted octanol–water partition coefficient (Wildman–Crippen LogP) is 3.12. The summed E-state index contributed by atoms with van der Waals surface area (Å²) in [5.74, 6) is 1.85. The van der Waals surface area contributed by atoms with Gasteiger partial charge >= 0.3 is 0 Å². The largest absolute Gasteiger partial charge is 0.493 e. The first-order valence-electron chi connectivity index (χ1n) is 9.61. The summed E-state index contributed by atoms with van der Waals surface area (Å²) in [7, 11) is 3.04. The fourth-order valence-electron chi connectivity index (χ4n) is 2.95. The molecular weight excluding hydrogens is 388 g/mol. The van der Waals surface area contributed by atoms with Crippen molar-refractivity contribution in [2.75, 3.05) is 19.5 Å². The zero-order valence-corrected chi connectivity index (χ0v) is 17.8. The Kier molecular flexibility index (Phi) is 6.09. The minimum Gasteiger partial charge on any atom is -0.493 e. The van der Waals surface area contributed by atoms with Crippen molar-refractivity contribution in [2.45, 2.75) is 45.6 Å². The Morgan fingerprint density at radius 3 is 2.50 bits per heavy atom. The number of fused-ring (bicyclic) bond motifs is 1. The second-order valence-corrected chi connectivity index (χ2v) is 7.95. The van der Waals surface area contributed by atoms with Gasteiger partial charge in [-0.25, -0.2) is 4.98 Å². The predicted molar refractivity (Wildman–Crippen MR) is 112 cm³/mol. The topological polar surface area (TPSA) is 108 Å². The van der Waals surface area contributed by atoms with Crippen molar-refractivity contribution in [3.63, 3.8) is 0 Å². The van der Waals surface area contributed by atoms with Gasteiger partial charge in [0, 0.05) is 30.5 Å².